The Morgan fingerprint density at radius 3 is 2.45 bits per heavy atom. The molecule has 152 valence electrons. The number of amides is 1. The summed E-state index contributed by atoms with van der Waals surface area (Å²) in [6.45, 7) is 6.18. The smallest absolute Gasteiger partial charge is 0.255 e. The number of nitrogens with zero attached hydrogens (tertiary/aromatic N) is 2. The summed E-state index contributed by atoms with van der Waals surface area (Å²) in [6.07, 6.45) is -1.23. The second-order valence-corrected chi connectivity index (χ2v) is 7.54. The van der Waals surface area contributed by atoms with Crippen LogP contribution in [-0.2, 0) is 13.0 Å². The number of nitrogens with one attached hydrogen (secondary N) is 1. The van der Waals surface area contributed by atoms with Crippen molar-refractivity contribution in [2.45, 2.75) is 40.0 Å². The quantitative estimate of drug-likeness (QED) is 0.538. The van der Waals surface area contributed by atoms with Crippen LogP contribution in [-0.4, -0.2) is 32.2 Å². The van der Waals surface area contributed by atoms with Gasteiger partial charge in [0.25, 0.3) is 5.91 Å². The number of rotatable bonds is 6. The molecule has 3 N–H and O–H groups in total. The maximum Gasteiger partial charge on any atom is 0.255 e. The van der Waals surface area contributed by atoms with Crippen LogP contribution in [0.4, 0.5) is 5.69 Å². The molecule has 0 bridgehead atoms. The molecular weight excluding hydrogens is 390 g/mol. The van der Waals surface area contributed by atoms with E-state index in [-0.39, 0.29) is 12.3 Å². The predicted octanol–water partition coefficient (Wildman–Crippen LogP) is 3.62. The molecule has 3 rings (SSSR count). The van der Waals surface area contributed by atoms with Gasteiger partial charge in [-0.05, 0) is 62.2 Å². The average molecular weight is 414 g/mol. The Kier molecular flexibility index (Phi) is 6.37. The van der Waals surface area contributed by atoms with Gasteiger partial charge in [-0.1, -0.05) is 23.7 Å². The third-order valence-electron chi connectivity index (χ3n) is 4.90. The lowest BCUT2D eigenvalue weighted by Gasteiger charge is -2.10. The van der Waals surface area contributed by atoms with Crippen molar-refractivity contribution in [3.63, 3.8) is 0 Å². The van der Waals surface area contributed by atoms with Gasteiger partial charge in [0.2, 0.25) is 0 Å². The van der Waals surface area contributed by atoms with Crippen molar-refractivity contribution in [3.05, 3.63) is 81.1 Å². The second-order valence-electron chi connectivity index (χ2n) is 7.10. The molecule has 0 aliphatic heterocycles. The lowest BCUT2D eigenvalue weighted by atomic mass is 10.1. The highest BCUT2D eigenvalue weighted by molar-refractivity contribution is 6.30. The first-order chi connectivity index (χ1) is 13.7. The highest BCUT2D eigenvalue weighted by Gasteiger charge is 2.14. The number of aliphatic hydroxyl groups is 2. The molecule has 0 saturated carbocycles. The summed E-state index contributed by atoms with van der Waals surface area (Å²) in [6, 6.07) is 12.7. The van der Waals surface area contributed by atoms with Gasteiger partial charge in [-0.25, -0.2) is 0 Å². The van der Waals surface area contributed by atoms with Gasteiger partial charge >= 0.3 is 0 Å². The van der Waals surface area contributed by atoms with Crippen LogP contribution in [0.5, 0.6) is 0 Å². The van der Waals surface area contributed by atoms with E-state index in [2.05, 4.69) is 10.4 Å². The molecule has 29 heavy (non-hydrogen) atoms. The van der Waals surface area contributed by atoms with Gasteiger partial charge in [-0.15, -0.1) is 0 Å². The van der Waals surface area contributed by atoms with Gasteiger partial charge in [-0.2, -0.15) is 5.10 Å². The van der Waals surface area contributed by atoms with Crippen LogP contribution in [0, 0.1) is 20.8 Å². The maximum atomic E-state index is 12.5. The molecule has 0 unspecified atom stereocenters. The zero-order valence-electron chi connectivity index (χ0n) is 16.6. The van der Waals surface area contributed by atoms with Crippen LogP contribution >= 0.6 is 11.6 Å². The number of aromatic nitrogens is 2. The summed E-state index contributed by atoms with van der Waals surface area (Å²) < 4.78 is 1.84. The monoisotopic (exact) mass is 413 g/mol. The van der Waals surface area contributed by atoms with E-state index >= 15 is 0 Å². The van der Waals surface area contributed by atoms with E-state index in [1.165, 1.54) is 0 Å². The Morgan fingerprint density at radius 2 is 1.83 bits per heavy atom. The second kappa shape index (κ2) is 8.78. The Labute approximate surface area is 174 Å². The molecule has 0 saturated heterocycles. The minimum atomic E-state index is -1.39. The highest BCUT2D eigenvalue weighted by atomic mass is 35.5. The van der Waals surface area contributed by atoms with Crippen molar-refractivity contribution >= 4 is 23.2 Å². The van der Waals surface area contributed by atoms with E-state index in [1.807, 2.05) is 49.7 Å². The number of anilines is 1. The molecule has 2 aromatic carbocycles. The van der Waals surface area contributed by atoms with Gasteiger partial charge < -0.3 is 15.5 Å². The summed E-state index contributed by atoms with van der Waals surface area (Å²) in [5, 5.41) is 26.5. The molecule has 0 fully saturated rings. The Hall–Kier alpha value is -2.67. The van der Waals surface area contributed by atoms with E-state index in [0.717, 1.165) is 28.1 Å². The Bertz CT molecular complexity index is 1030. The molecule has 3 aromatic rings. The number of halogens is 1. The zero-order valence-corrected chi connectivity index (χ0v) is 17.4. The molecule has 1 amide bonds. The molecule has 1 aromatic heterocycles. The third kappa shape index (κ3) is 5.03. The number of aryl methyl sites for hydroxylation is 2. The minimum absolute atomic E-state index is 0.159. The van der Waals surface area contributed by atoms with Crippen LogP contribution in [0.15, 0.2) is 42.5 Å². The predicted molar refractivity (Wildman–Crippen MR) is 113 cm³/mol. The van der Waals surface area contributed by atoms with Gasteiger partial charge in [0.1, 0.15) is 0 Å². The van der Waals surface area contributed by atoms with Gasteiger partial charge in [-0.3, -0.25) is 9.48 Å². The van der Waals surface area contributed by atoms with Crippen LogP contribution in [0.25, 0.3) is 0 Å². The minimum Gasteiger partial charge on any atom is -0.368 e. The van der Waals surface area contributed by atoms with Gasteiger partial charge in [0.15, 0.2) is 6.29 Å². The number of carbonyl (C=O) groups is 1. The summed E-state index contributed by atoms with van der Waals surface area (Å²) >= 11 is 5.95. The van der Waals surface area contributed by atoms with E-state index in [9.17, 15) is 15.0 Å². The number of benzene rings is 2. The standard InChI is InChI=1S/C22H24ClN3O3/c1-13-10-17(23)6-9-19(13)22(29)24-18-7-4-16(5-8-18)12-26-15(3)20(11-21(27)28)14(2)25-26/h4-10,21,27-28H,11-12H2,1-3H3,(H,24,29). The van der Waals surface area contributed by atoms with E-state index in [1.54, 1.807) is 18.2 Å². The van der Waals surface area contributed by atoms with E-state index < -0.39 is 6.29 Å². The van der Waals surface area contributed by atoms with Crippen molar-refractivity contribution in [1.29, 1.82) is 0 Å². The molecular formula is C22H24ClN3O3. The topological polar surface area (TPSA) is 87.4 Å². The first kappa shape index (κ1) is 21.0. The molecule has 0 aliphatic carbocycles. The average Bonchev–Trinajstić information content (AvgIpc) is 2.90. The van der Waals surface area contributed by atoms with Crippen LogP contribution in [0.3, 0.4) is 0 Å². The number of carbonyl (C=O) groups excluding carboxylic acids is 1. The SMILES string of the molecule is Cc1cc(Cl)ccc1C(=O)Nc1ccc(Cn2nc(C)c(CC(O)O)c2C)cc1. The first-order valence-electron chi connectivity index (χ1n) is 9.30. The molecule has 6 nitrogen and oxygen atoms in total. The molecule has 0 radical (unpaired) electrons. The third-order valence-corrected chi connectivity index (χ3v) is 5.13. The Balaban J connectivity index is 1.70. The fourth-order valence-electron chi connectivity index (χ4n) is 3.31. The van der Waals surface area contributed by atoms with Gasteiger partial charge in [0.05, 0.1) is 12.2 Å². The maximum absolute atomic E-state index is 12.5. The van der Waals surface area contributed by atoms with Crippen molar-refractivity contribution in [2.75, 3.05) is 5.32 Å². The molecule has 1 heterocycles. The van der Waals surface area contributed by atoms with Crippen molar-refractivity contribution < 1.29 is 15.0 Å². The summed E-state index contributed by atoms with van der Waals surface area (Å²) in [5.41, 5.74) is 5.67. The van der Waals surface area contributed by atoms with Crippen molar-refractivity contribution in [2.24, 2.45) is 0 Å². The number of hydrogen-bond acceptors (Lipinski definition) is 4. The largest absolute Gasteiger partial charge is 0.368 e. The van der Waals surface area contributed by atoms with Crippen LogP contribution in [0.2, 0.25) is 5.02 Å². The number of aliphatic hydroxyl groups excluding tert-OH is 1. The van der Waals surface area contributed by atoms with Crippen molar-refractivity contribution in [3.8, 4) is 0 Å². The molecule has 0 aliphatic rings. The Morgan fingerprint density at radius 1 is 1.14 bits per heavy atom. The molecule has 0 atom stereocenters. The normalized spacial score (nSPS) is 11.1. The summed E-state index contributed by atoms with van der Waals surface area (Å²) in [4.78, 5) is 12.5. The van der Waals surface area contributed by atoms with Crippen molar-refractivity contribution in [1.82, 2.24) is 9.78 Å². The fourth-order valence-corrected chi connectivity index (χ4v) is 3.54. The van der Waals surface area contributed by atoms with Crippen LogP contribution < -0.4 is 5.32 Å². The summed E-state index contributed by atoms with van der Waals surface area (Å²) in [7, 11) is 0. The highest BCUT2D eigenvalue weighted by Crippen LogP contribution is 2.19. The van der Waals surface area contributed by atoms with Gasteiger partial charge in [0, 0.05) is 34.0 Å². The zero-order chi connectivity index (χ0) is 21.1. The lowest BCUT2D eigenvalue weighted by molar-refractivity contribution is -0.0383. The fraction of sp³-hybridized carbons (Fsp3) is 0.273. The molecule has 7 heteroatoms. The van der Waals surface area contributed by atoms with E-state index in [4.69, 9.17) is 11.6 Å². The lowest BCUT2D eigenvalue weighted by Crippen LogP contribution is -2.13. The number of hydrogen-bond donors (Lipinski definition) is 3. The van der Waals surface area contributed by atoms with Crippen LogP contribution in [0.1, 0.15) is 38.4 Å². The first-order valence-corrected chi connectivity index (χ1v) is 9.68. The molecule has 0 spiro atoms. The summed E-state index contributed by atoms with van der Waals surface area (Å²) in [5.74, 6) is -0.183. The van der Waals surface area contributed by atoms with E-state index in [0.29, 0.717) is 22.8 Å².